The summed E-state index contributed by atoms with van der Waals surface area (Å²) < 4.78 is 5.30. The number of carbonyl (C=O) groups is 1. The van der Waals surface area contributed by atoms with Gasteiger partial charge in [-0.05, 0) is 45.4 Å². The van der Waals surface area contributed by atoms with Crippen LogP contribution in [0.15, 0.2) is 12.1 Å². The van der Waals surface area contributed by atoms with Crippen molar-refractivity contribution in [3.8, 4) is 0 Å². The Bertz CT molecular complexity index is 441. The average Bonchev–Trinajstić information content (AvgIpc) is 2.24. The van der Waals surface area contributed by atoms with Crippen molar-refractivity contribution in [1.29, 1.82) is 0 Å². The summed E-state index contributed by atoms with van der Waals surface area (Å²) in [6, 6.07) is 3.84. The van der Waals surface area contributed by atoms with Crippen LogP contribution in [0.2, 0.25) is 0 Å². The first-order valence-electron chi connectivity index (χ1n) is 5.73. The maximum atomic E-state index is 11.9. The largest absolute Gasteiger partial charge is 0.443 e. The lowest BCUT2D eigenvalue weighted by Crippen LogP contribution is -2.34. The molecule has 1 heterocycles. The molecule has 0 aromatic carbocycles. The van der Waals surface area contributed by atoms with Crippen molar-refractivity contribution in [1.82, 2.24) is 4.98 Å². The molecule has 0 fully saturated rings. The summed E-state index contributed by atoms with van der Waals surface area (Å²) in [5.41, 5.74) is 1.44. The van der Waals surface area contributed by atoms with E-state index in [1.54, 1.807) is 7.05 Å². The van der Waals surface area contributed by atoms with Gasteiger partial charge in [0.1, 0.15) is 11.4 Å². The molecule has 0 unspecified atom stereocenters. The Kier molecular flexibility index (Phi) is 4.73. The highest BCUT2D eigenvalue weighted by atomic mass is 79.9. The molecule has 0 N–H and O–H groups in total. The maximum absolute atomic E-state index is 11.9. The summed E-state index contributed by atoms with van der Waals surface area (Å²) in [7, 11) is 1.66. The van der Waals surface area contributed by atoms with Crippen molar-refractivity contribution in [3.05, 3.63) is 23.4 Å². The molecular weight excluding hydrogens is 296 g/mol. The monoisotopic (exact) mass is 314 g/mol. The smallest absolute Gasteiger partial charge is 0.415 e. The van der Waals surface area contributed by atoms with E-state index in [1.807, 2.05) is 39.8 Å². The normalized spacial score (nSPS) is 11.2. The van der Waals surface area contributed by atoms with Crippen LogP contribution in [0.5, 0.6) is 0 Å². The molecule has 4 nitrogen and oxygen atoms in total. The number of aromatic nitrogens is 1. The van der Waals surface area contributed by atoms with Gasteiger partial charge in [-0.25, -0.2) is 9.78 Å². The van der Waals surface area contributed by atoms with Crippen LogP contribution >= 0.6 is 15.9 Å². The van der Waals surface area contributed by atoms with Crippen molar-refractivity contribution in [2.75, 3.05) is 11.9 Å². The first-order chi connectivity index (χ1) is 8.23. The number of halogens is 1. The zero-order valence-electron chi connectivity index (χ0n) is 11.5. The second-order valence-electron chi connectivity index (χ2n) is 5.15. The molecule has 0 saturated heterocycles. The number of rotatable bonds is 2. The highest BCUT2D eigenvalue weighted by Gasteiger charge is 2.21. The molecule has 1 aromatic rings. The molecule has 0 radical (unpaired) electrons. The maximum Gasteiger partial charge on any atom is 0.415 e. The predicted octanol–water partition coefficient (Wildman–Crippen LogP) is 3.66. The van der Waals surface area contributed by atoms with E-state index in [-0.39, 0.29) is 0 Å². The molecule has 0 atom stereocenters. The number of aryl methyl sites for hydroxylation is 1. The van der Waals surface area contributed by atoms with Gasteiger partial charge in [-0.3, -0.25) is 4.90 Å². The Morgan fingerprint density at radius 1 is 1.44 bits per heavy atom. The molecule has 1 rings (SSSR count). The third kappa shape index (κ3) is 4.29. The van der Waals surface area contributed by atoms with E-state index in [1.165, 1.54) is 4.90 Å². The number of hydrogen-bond acceptors (Lipinski definition) is 3. The first-order valence-corrected chi connectivity index (χ1v) is 6.85. The molecule has 0 spiro atoms. The minimum Gasteiger partial charge on any atom is -0.443 e. The molecule has 100 valence electrons. The topological polar surface area (TPSA) is 42.4 Å². The highest BCUT2D eigenvalue weighted by molar-refractivity contribution is 9.08. The molecule has 1 aromatic heterocycles. The summed E-state index contributed by atoms with van der Waals surface area (Å²) in [6.07, 6.45) is -0.402. The fourth-order valence-corrected chi connectivity index (χ4v) is 1.72. The number of alkyl halides is 1. The summed E-state index contributed by atoms with van der Waals surface area (Å²) in [5, 5.41) is 0.728. The van der Waals surface area contributed by atoms with E-state index in [0.29, 0.717) is 5.82 Å². The second kappa shape index (κ2) is 5.69. The van der Waals surface area contributed by atoms with Crippen LogP contribution in [0.3, 0.4) is 0 Å². The molecule has 0 saturated carbocycles. The Balaban J connectivity index is 2.93. The van der Waals surface area contributed by atoms with Crippen LogP contribution in [0.1, 0.15) is 32.0 Å². The summed E-state index contributed by atoms with van der Waals surface area (Å²) >= 11 is 3.40. The van der Waals surface area contributed by atoms with Crippen molar-refractivity contribution in [3.63, 3.8) is 0 Å². The number of ether oxygens (including phenoxy) is 1. The molecule has 5 heteroatoms. The lowest BCUT2D eigenvalue weighted by Gasteiger charge is -2.24. The van der Waals surface area contributed by atoms with Gasteiger partial charge in [-0.15, -0.1) is 0 Å². The van der Waals surface area contributed by atoms with Crippen LogP contribution in [0, 0.1) is 6.92 Å². The van der Waals surface area contributed by atoms with Crippen LogP contribution in [0.4, 0.5) is 10.6 Å². The van der Waals surface area contributed by atoms with E-state index >= 15 is 0 Å². The predicted molar refractivity (Wildman–Crippen MR) is 76.2 cm³/mol. The summed E-state index contributed by atoms with van der Waals surface area (Å²) in [5.74, 6) is 0.596. The minimum absolute atomic E-state index is 0.402. The standard InChI is InChI=1S/C13H19BrN2O2/c1-9-6-10(8-14)7-11(15-9)16(5)12(17)18-13(2,3)4/h6-7H,8H2,1-5H3. The summed E-state index contributed by atoms with van der Waals surface area (Å²) in [4.78, 5) is 17.7. The van der Waals surface area contributed by atoms with Gasteiger partial charge in [0.15, 0.2) is 0 Å². The van der Waals surface area contributed by atoms with E-state index in [9.17, 15) is 4.79 Å². The Hall–Kier alpha value is -1.10. The third-order valence-corrected chi connectivity index (χ3v) is 2.81. The quantitative estimate of drug-likeness (QED) is 0.782. The van der Waals surface area contributed by atoms with Gasteiger partial charge in [-0.1, -0.05) is 15.9 Å². The molecule has 0 aliphatic carbocycles. The number of anilines is 1. The van der Waals surface area contributed by atoms with Crippen molar-refractivity contribution in [2.45, 2.75) is 38.6 Å². The number of carbonyl (C=O) groups excluding carboxylic acids is 1. The molecular formula is C13H19BrN2O2. The number of amides is 1. The molecule has 0 aliphatic heterocycles. The van der Waals surface area contributed by atoms with Gasteiger partial charge >= 0.3 is 6.09 Å². The van der Waals surface area contributed by atoms with Gasteiger partial charge in [0.2, 0.25) is 0 Å². The van der Waals surface area contributed by atoms with Gasteiger partial charge < -0.3 is 4.74 Å². The van der Waals surface area contributed by atoms with E-state index < -0.39 is 11.7 Å². The molecule has 0 bridgehead atoms. The number of pyridine rings is 1. The zero-order chi connectivity index (χ0) is 13.9. The third-order valence-electron chi connectivity index (χ3n) is 2.16. The van der Waals surface area contributed by atoms with Crippen molar-refractivity contribution in [2.24, 2.45) is 0 Å². The Labute approximate surface area is 116 Å². The van der Waals surface area contributed by atoms with Gasteiger partial charge in [0, 0.05) is 18.1 Å². The Morgan fingerprint density at radius 3 is 2.56 bits per heavy atom. The highest BCUT2D eigenvalue weighted by Crippen LogP contribution is 2.18. The lowest BCUT2D eigenvalue weighted by molar-refractivity contribution is 0.0588. The lowest BCUT2D eigenvalue weighted by atomic mass is 10.2. The van der Waals surface area contributed by atoms with Gasteiger partial charge in [0.05, 0.1) is 0 Å². The van der Waals surface area contributed by atoms with E-state index in [2.05, 4.69) is 20.9 Å². The zero-order valence-corrected chi connectivity index (χ0v) is 13.0. The Morgan fingerprint density at radius 2 is 2.06 bits per heavy atom. The van der Waals surface area contributed by atoms with Gasteiger partial charge in [-0.2, -0.15) is 0 Å². The number of nitrogens with zero attached hydrogens (tertiary/aromatic N) is 2. The average molecular weight is 315 g/mol. The van der Waals surface area contributed by atoms with Crippen molar-refractivity contribution < 1.29 is 9.53 Å². The second-order valence-corrected chi connectivity index (χ2v) is 5.71. The fraction of sp³-hybridized carbons (Fsp3) is 0.538. The first kappa shape index (κ1) is 15.0. The minimum atomic E-state index is -0.507. The van der Waals surface area contributed by atoms with Crippen LogP contribution in [-0.2, 0) is 10.1 Å². The van der Waals surface area contributed by atoms with E-state index in [4.69, 9.17) is 4.74 Å². The van der Waals surface area contributed by atoms with E-state index in [0.717, 1.165) is 16.6 Å². The summed E-state index contributed by atoms with van der Waals surface area (Å²) in [6.45, 7) is 7.42. The van der Waals surface area contributed by atoms with Gasteiger partial charge in [0.25, 0.3) is 0 Å². The van der Waals surface area contributed by atoms with Crippen LogP contribution in [-0.4, -0.2) is 23.7 Å². The van der Waals surface area contributed by atoms with Crippen molar-refractivity contribution >= 4 is 27.8 Å². The molecule has 0 aliphatic rings. The molecule has 1 amide bonds. The SMILES string of the molecule is Cc1cc(CBr)cc(N(C)C(=O)OC(C)(C)C)n1. The van der Waals surface area contributed by atoms with Crippen LogP contribution < -0.4 is 4.90 Å². The number of hydrogen-bond donors (Lipinski definition) is 0. The van der Waals surface area contributed by atoms with Crippen LogP contribution in [0.25, 0.3) is 0 Å². The fourth-order valence-electron chi connectivity index (χ4n) is 1.39. The molecule has 18 heavy (non-hydrogen) atoms.